The molecule has 0 saturated heterocycles. The third kappa shape index (κ3) is 6.38. The van der Waals surface area contributed by atoms with Gasteiger partial charge in [0.25, 0.3) is 0 Å². The van der Waals surface area contributed by atoms with Crippen molar-refractivity contribution in [2.24, 2.45) is 0 Å². The van der Waals surface area contributed by atoms with Crippen molar-refractivity contribution in [2.75, 3.05) is 13.7 Å². The number of hydrogen-bond acceptors (Lipinski definition) is 4. The molecule has 1 aromatic rings. The van der Waals surface area contributed by atoms with E-state index >= 15 is 0 Å². The van der Waals surface area contributed by atoms with Crippen molar-refractivity contribution >= 4 is 6.29 Å². The van der Waals surface area contributed by atoms with Gasteiger partial charge in [0.2, 0.25) is 0 Å². The molecular formula is C14H16FNO3. The second-order valence-electron chi connectivity index (χ2n) is 3.49. The van der Waals surface area contributed by atoms with E-state index in [1.807, 2.05) is 0 Å². The van der Waals surface area contributed by atoms with Crippen LogP contribution in [0.5, 0.6) is 5.75 Å². The van der Waals surface area contributed by atoms with Gasteiger partial charge in [-0.25, -0.2) is 4.39 Å². The summed E-state index contributed by atoms with van der Waals surface area (Å²) in [5, 5.41) is 0. The normalized spacial score (nSPS) is 11.6. The summed E-state index contributed by atoms with van der Waals surface area (Å²) in [6.07, 6.45) is 6.04. The first kappa shape index (κ1) is 14.9. The molecule has 0 radical (unpaired) electrons. The summed E-state index contributed by atoms with van der Waals surface area (Å²) >= 11 is 0. The second kappa shape index (κ2) is 8.88. The maximum atomic E-state index is 12.9. The molecule has 0 amide bonds. The van der Waals surface area contributed by atoms with Crippen LogP contribution in [0.3, 0.4) is 0 Å². The fourth-order valence-corrected chi connectivity index (χ4v) is 1.29. The molecule has 0 fully saturated rings. The fourth-order valence-electron chi connectivity index (χ4n) is 1.29. The first-order valence-electron chi connectivity index (χ1n) is 5.78. The Kier molecular flexibility index (Phi) is 6.97. The van der Waals surface area contributed by atoms with Crippen molar-refractivity contribution in [3.63, 3.8) is 0 Å². The van der Waals surface area contributed by atoms with Crippen molar-refractivity contribution in [1.29, 1.82) is 0 Å². The Balaban J connectivity index is 2.45. The highest BCUT2D eigenvalue weighted by atomic mass is 19.1. The van der Waals surface area contributed by atoms with Crippen LogP contribution < -0.4 is 10.2 Å². The Morgan fingerprint density at radius 1 is 1.47 bits per heavy atom. The highest BCUT2D eigenvalue weighted by molar-refractivity contribution is 5.52. The number of hydroxylamine groups is 1. The molecule has 19 heavy (non-hydrogen) atoms. The number of hydrogen-bond donors (Lipinski definition) is 1. The summed E-state index contributed by atoms with van der Waals surface area (Å²) in [6.45, 7) is 0.273. The van der Waals surface area contributed by atoms with Crippen LogP contribution in [0.4, 0.5) is 4.39 Å². The van der Waals surface area contributed by atoms with E-state index in [2.05, 4.69) is 5.48 Å². The maximum absolute atomic E-state index is 12.9. The van der Waals surface area contributed by atoms with Crippen LogP contribution in [0.2, 0.25) is 0 Å². The molecule has 1 rings (SSSR count). The van der Waals surface area contributed by atoms with E-state index in [0.29, 0.717) is 11.5 Å². The summed E-state index contributed by atoms with van der Waals surface area (Å²) in [5.74, 6) is 0.626. The SMILES string of the molecule is CNO/C(C=CCOc1cccc(F)c1)=C\CC=O. The predicted molar refractivity (Wildman–Crippen MR) is 69.9 cm³/mol. The summed E-state index contributed by atoms with van der Waals surface area (Å²) < 4.78 is 18.2. The zero-order chi connectivity index (χ0) is 13.9. The molecule has 0 bridgehead atoms. The zero-order valence-electron chi connectivity index (χ0n) is 10.6. The van der Waals surface area contributed by atoms with Gasteiger partial charge in [0.05, 0.1) is 0 Å². The molecule has 4 nitrogen and oxygen atoms in total. The topological polar surface area (TPSA) is 47.6 Å². The van der Waals surface area contributed by atoms with Crippen LogP contribution in [-0.2, 0) is 9.63 Å². The van der Waals surface area contributed by atoms with E-state index in [0.717, 1.165) is 6.29 Å². The first-order valence-corrected chi connectivity index (χ1v) is 5.78. The molecule has 0 heterocycles. The van der Waals surface area contributed by atoms with Gasteiger partial charge in [0.1, 0.15) is 30.2 Å². The Labute approximate surface area is 111 Å². The third-order valence-electron chi connectivity index (χ3n) is 2.06. The van der Waals surface area contributed by atoms with E-state index < -0.39 is 0 Å². The summed E-state index contributed by atoms with van der Waals surface area (Å²) in [5.41, 5.74) is 2.52. The van der Waals surface area contributed by atoms with Crippen molar-refractivity contribution in [3.8, 4) is 5.75 Å². The van der Waals surface area contributed by atoms with Crippen LogP contribution in [0, 0.1) is 5.82 Å². The van der Waals surface area contributed by atoms with Crippen LogP contribution in [0.15, 0.2) is 48.3 Å². The highest BCUT2D eigenvalue weighted by Crippen LogP contribution is 2.11. The van der Waals surface area contributed by atoms with Gasteiger partial charge in [-0.15, -0.1) is 0 Å². The minimum absolute atomic E-state index is 0.270. The first-order chi connectivity index (χ1) is 9.26. The largest absolute Gasteiger partial charge is 0.489 e. The number of benzene rings is 1. The lowest BCUT2D eigenvalue weighted by Crippen LogP contribution is -2.06. The molecule has 0 aliphatic carbocycles. The van der Waals surface area contributed by atoms with Crippen LogP contribution in [0.1, 0.15) is 6.42 Å². The second-order valence-corrected chi connectivity index (χ2v) is 3.49. The molecule has 0 spiro atoms. The number of nitrogens with one attached hydrogen (secondary N) is 1. The van der Waals surface area contributed by atoms with E-state index in [1.165, 1.54) is 12.1 Å². The number of rotatable bonds is 8. The maximum Gasteiger partial charge on any atom is 0.143 e. The standard InChI is InChI=1S/C14H16FNO3/c1-16-19-13(7-3-9-17)8-4-10-18-14-6-2-5-12(15)11-14/h2,4-9,11,16H,3,10H2,1H3/b8-4?,13-7-. The molecule has 0 atom stereocenters. The Morgan fingerprint density at radius 2 is 2.32 bits per heavy atom. The molecule has 1 N–H and O–H groups in total. The van der Waals surface area contributed by atoms with E-state index in [1.54, 1.807) is 37.4 Å². The monoisotopic (exact) mass is 265 g/mol. The van der Waals surface area contributed by atoms with E-state index in [9.17, 15) is 9.18 Å². The smallest absolute Gasteiger partial charge is 0.143 e. The van der Waals surface area contributed by atoms with Gasteiger partial charge in [-0.05, 0) is 30.4 Å². The number of ether oxygens (including phenoxy) is 1. The average molecular weight is 265 g/mol. The Hall–Kier alpha value is -2.14. The summed E-state index contributed by atoms with van der Waals surface area (Å²) in [6, 6.07) is 5.91. The van der Waals surface area contributed by atoms with E-state index in [-0.39, 0.29) is 18.8 Å². The number of allylic oxidation sites excluding steroid dienone is 2. The van der Waals surface area contributed by atoms with Gasteiger partial charge in [-0.3, -0.25) is 0 Å². The molecule has 102 valence electrons. The van der Waals surface area contributed by atoms with Crippen molar-refractivity contribution in [3.05, 3.63) is 54.1 Å². The van der Waals surface area contributed by atoms with E-state index in [4.69, 9.17) is 9.57 Å². The van der Waals surface area contributed by atoms with Gasteiger partial charge in [0.15, 0.2) is 0 Å². The van der Waals surface area contributed by atoms with Crippen LogP contribution in [-0.4, -0.2) is 19.9 Å². The van der Waals surface area contributed by atoms with Gasteiger partial charge >= 0.3 is 0 Å². The highest BCUT2D eigenvalue weighted by Gasteiger charge is 1.95. The quantitative estimate of drug-likeness (QED) is 0.339. The lowest BCUT2D eigenvalue weighted by molar-refractivity contribution is -0.107. The third-order valence-corrected chi connectivity index (χ3v) is 2.06. The van der Waals surface area contributed by atoms with Gasteiger partial charge < -0.3 is 14.4 Å². The predicted octanol–water partition coefficient (Wildman–Crippen LogP) is 2.38. The number of aldehydes is 1. The lowest BCUT2D eigenvalue weighted by atomic mass is 10.3. The van der Waals surface area contributed by atoms with Crippen LogP contribution >= 0.6 is 0 Å². The number of carbonyl (C=O) groups excluding carboxylic acids is 1. The molecule has 0 unspecified atom stereocenters. The number of carbonyl (C=O) groups is 1. The van der Waals surface area contributed by atoms with Crippen molar-refractivity contribution < 1.29 is 18.8 Å². The average Bonchev–Trinajstić information content (AvgIpc) is 2.41. The Morgan fingerprint density at radius 3 is 3.00 bits per heavy atom. The molecule has 0 aliphatic rings. The molecule has 0 saturated carbocycles. The van der Waals surface area contributed by atoms with Gasteiger partial charge in [0, 0.05) is 19.5 Å². The minimum atomic E-state index is -0.341. The Bertz CT molecular complexity index is 458. The van der Waals surface area contributed by atoms with Gasteiger partial charge in [-0.1, -0.05) is 6.07 Å². The molecule has 1 aromatic carbocycles. The summed E-state index contributed by atoms with van der Waals surface area (Å²) in [7, 11) is 1.62. The van der Waals surface area contributed by atoms with Gasteiger partial charge in [-0.2, -0.15) is 5.48 Å². The lowest BCUT2D eigenvalue weighted by Gasteiger charge is -2.04. The molecule has 5 heteroatoms. The molecular weight excluding hydrogens is 249 g/mol. The molecule has 0 aliphatic heterocycles. The van der Waals surface area contributed by atoms with Crippen LogP contribution in [0.25, 0.3) is 0 Å². The zero-order valence-corrected chi connectivity index (χ0v) is 10.6. The summed E-state index contributed by atoms with van der Waals surface area (Å²) in [4.78, 5) is 15.3. The fraction of sp³-hybridized carbons (Fsp3) is 0.214. The van der Waals surface area contributed by atoms with Crippen molar-refractivity contribution in [2.45, 2.75) is 6.42 Å². The van der Waals surface area contributed by atoms with Crippen molar-refractivity contribution in [1.82, 2.24) is 5.48 Å². The minimum Gasteiger partial charge on any atom is -0.489 e. The molecule has 0 aromatic heterocycles. The number of halogens is 1.